The molecule has 3 heteroatoms. The van der Waals surface area contributed by atoms with Gasteiger partial charge in [-0.1, -0.05) is 6.58 Å². The van der Waals surface area contributed by atoms with Crippen molar-refractivity contribution in [3.05, 3.63) is 48.4 Å². The number of hydrogen-bond donors (Lipinski definition) is 1. The molecule has 0 saturated heterocycles. The van der Waals surface area contributed by atoms with Crippen LogP contribution in [0.3, 0.4) is 0 Å². The van der Waals surface area contributed by atoms with Gasteiger partial charge in [-0.3, -0.25) is 0 Å². The minimum atomic E-state index is -0.287. The standard InChI is InChI=1S/C9H9FN2/c1-2-12-9(11)7-3-5-8(10)6-4-7/h2-6H,1H2,(H2,11,12). The lowest BCUT2D eigenvalue weighted by atomic mass is 10.2. The van der Waals surface area contributed by atoms with Crippen molar-refractivity contribution in [2.24, 2.45) is 10.7 Å². The van der Waals surface area contributed by atoms with Crippen molar-refractivity contribution < 1.29 is 4.39 Å². The second-order valence-corrected chi connectivity index (χ2v) is 2.20. The maximum Gasteiger partial charge on any atom is 0.130 e. The molecule has 1 aromatic rings. The quantitative estimate of drug-likeness (QED) is 0.524. The monoisotopic (exact) mass is 164 g/mol. The van der Waals surface area contributed by atoms with Crippen molar-refractivity contribution in [1.82, 2.24) is 0 Å². The van der Waals surface area contributed by atoms with Crippen molar-refractivity contribution in [2.45, 2.75) is 0 Å². The maximum atomic E-state index is 12.4. The summed E-state index contributed by atoms with van der Waals surface area (Å²) in [5, 5.41) is 0. The largest absolute Gasteiger partial charge is 0.383 e. The van der Waals surface area contributed by atoms with Crippen LogP contribution in [0.2, 0.25) is 0 Å². The summed E-state index contributed by atoms with van der Waals surface area (Å²) in [7, 11) is 0. The molecule has 0 spiro atoms. The van der Waals surface area contributed by atoms with Crippen LogP contribution in [0.5, 0.6) is 0 Å². The molecule has 0 amide bonds. The van der Waals surface area contributed by atoms with Crippen LogP contribution >= 0.6 is 0 Å². The van der Waals surface area contributed by atoms with Gasteiger partial charge in [-0.05, 0) is 24.3 Å². The number of benzene rings is 1. The predicted octanol–water partition coefficient (Wildman–Crippen LogP) is 1.67. The highest BCUT2D eigenvalue weighted by molar-refractivity contribution is 5.97. The van der Waals surface area contributed by atoms with Gasteiger partial charge in [0.1, 0.15) is 11.7 Å². The molecule has 0 aromatic heterocycles. The van der Waals surface area contributed by atoms with E-state index in [-0.39, 0.29) is 5.82 Å². The first kappa shape index (κ1) is 8.46. The Balaban J connectivity index is 2.97. The Kier molecular flexibility index (Phi) is 2.58. The summed E-state index contributed by atoms with van der Waals surface area (Å²) < 4.78 is 12.4. The number of halogens is 1. The summed E-state index contributed by atoms with van der Waals surface area (Å²) in [4.78, 5) is 3.76. The number of rotatable bonds is 2. The van der Waals surface area contributed by atoms with Crippen LogP contribution in [-0.4, -0.2) is 5.84 Å². The Labute approximate surface area is 70.2 Å². The number of hydrogen-bond acceptors (Lipinski definition) is 1. The molecule has 1 aromatic carbocycles. The fraction of sp³-hybridized carbons (Fsp3) is 0. The van der Waals surface area contributed by atoms with Crippen molar-refractivity contribution in [3.63, 3.8) is 0 Å². The van der Waals surface area contributed by atoms with E-state index in [4.69, 9.17) is 5.73 Å². The van der Waals surface area contributed by atoms with Crippen molar-refractivity contribution >= 4 is 5.84 Å². The summed E-state index contributed by atoms with van der Waals surface area (Å²) in [5.74, 6) is 0.0511. The van der Waals surface area contributed by atoms with E-state index in [2.05, 4.69) is 11.6 Å². The molecule has 0 saturated carbocycles. The van der Waals surface area contributed by atoms with Gasteiger partial charge in [-0.15, -0.1) is 0 Å². The fourth-order valence-corrected chi connectivity index (χ4v) is 0.794. The van der Waals surface area contributed by atoms with Gasteiger partial charge in [0, 0.05) is 11.8 Å². The zero-order valence-corrected chi connectivity index (χ0v) is 6.50. The Hall–Kier alpha value is -1.64. The highest BCUT2D eigenvalue weighted by Gasteiger charge is 1.96. The topological polar surface area (TPSA) is 38.4 Å². The zero-order chi connectivity index (χ0) is 8.97. The molecule has 0 aliphatic rings. The van der Waals surface area contributed by atoms with Gasteiger partial charge in [0.05, 0.1) is 0 Å². The summed E-state index contributed by atoms with van der Waals surface area (Å²) in [6, 6.07) is 5.80. The molecule has 0 fully saturated rings. The maximum absolute atomic E-state index is 12.4. The lowest BCUT2D eigenvalue weighted by Crippen LogP contribution is -2.12. The van der Waals surface area contributed by atoms with E-state index in [0.29, 0.717) is 11.4 Å². The van der Waals surface area contributed by atoms with E-state index in [1.807, 2.05) is 0 Å². The molecular weight excluding hydrogens is 155 g/mol. The van der Waals surface area contributed by atoms with Gasteiger partial charge in [0.2, 0.25) is 0 Å². The summed E-state index contributed by atoms with van der Waals surface area (Å²) in [5.41, 5.74) is 6.20. The van der Waals surface area contributed by atoms with E-state index in [9.17, 15) is 4.39 Å². The molecule has 2 nitrogen and oxygen atoms in total. The van der Waals surface area contributed by atoms with Gasteiger partial charge in [0.15, 0.2) is 0 Å². The average Bonchev–Trinajstić information content (AvgIpc) is 2.06. The van der Waals surface area contributed by atoms with Gasteiger partial charge in [-0.25, -0.2) is 9.38 Å². The van der Waals surface area contributed by atoms with Crippen LogP contribution in [-0.2, 0) is 0 Å². The Morgan fingerprint density at radius 2 is 2.00 bits per heavy atom. The Morgan fingerprint density at radius 1 is 1.42 bits per heavy atom. The SMILES string of the molecule is C=CN=C(N)c1ccc(F)cc1. The van der Waals surface area contributed by atoms with Crippen LogP contribution in [0.1, 0.15) is 5.56 Å². The van der Waals surface area contributed by atoms with Crippen LogP contribution < -0.4 is 5.73 Å². The summed E-state index contributed by atoms with van der Waals surface area (Å²) in [6.07, 6.45) is 1.35. The van der Waals surface area contributed by atoms with Crippen LogP contribution in [0.4, 0.5) is 4.39 Å². The predicted molar refractivity (Wildman–Crippen MR) is 47.3 cm³/mol. The number of nitrogens with zero attached hydrogens (tertiary/aromatic N) is 1. The molecule has 0 aliphatic heterocycles. The van der Waals surface area contributed by atoms with E-state index < -0.39 is 0 Å². The third-order valence-electron chi connectivity index (χ3n) is 1.37. The molecule has 0 heterocycles. The molecular formula is C9H9FN2. The highest BCUT2D eigenvalue weighted by atomic mass is 19.1. The molecule has 0 unspecified atom stereocenters. The highest BCUT2D eigenvalue weighted by Crippen LogP contribution is 2.01. The Morgan fingerprint density at radius 3 is 2.50 bits per heavy atom. The van der Waals surface area contributed by atoms with Crippen LogP contribution in [0, 0.1) is 5.82 Å². The molecule has 0 atom stereocenters. The minimum absolute atomic E-state index is 0.287. The normalized spacial score (nSPS) is 11.2. The number of amidine groups is 1. The lowest BCUT2D eigenvalue weighted by Gasteiger charge is -1.97. The van der Waals surface area contributed by atoms with Gasteiger partial charge >= 0.3 is 0 Å². The first-order valence-corrected chi connectivity index (χ1v) is 3.44. The molecule has 0 bridgehead atoms. The number of aliphatic imine (C=N–C) groups is 1. The molecule has 62 valence electrons. The van der Waals surface area contributed by atoms with Crippen LogP contribution in [0.15, 0.2) is 42.0 Å². The molecule has 2 N–H and O–H groups in total. The van der Waals surface area contributed by atoms with E-state index in [1.165, 1.54) is 18.3 Å². The third-order valence-corrected chi connectivity index (χ3v) is 1.37. The minimum Gasteiger partial charge on any atom is -0.383 e. The first-order chi connectivity index (χ1) is 5.74. The molecule has 12 heavy (non-hydrogen) atoms. The second-order valence-electron chi connectivity index (χ2n) is 2.20. The number of nitrogens with two attached hydrogens (primary N) is 1. The molecule has 0 aliphatic carbocycles. The van der Waals surface area contributed by atoms with E-state index in [1.54, 1.807) is 12.1 Å². The third kappa shape index (κ3) is 1.92. The Bertz CT molecular complexity index is 301. The summed E-state index contributed by atoms with van der Waals surface area (Å²) in [6.45, 7) is 3.40. The lowest BCUT2D eigenvalue weighted by molar-refractivity contribution is 0.628. The van der Waals surface area contributed by atoms with Gasteiger partial charge in [-0.2, -0.15) is 0 Å². The second kappa shape index (κ2) is 3.67. The fourth-order valence-electron chi connectivity index (χ4n) is 0.794. The van der Waals surface area contributed by atoms with Crippen LogP contribution in [0.25, 0.3) is 0 Å². The van der Waals surface area contributed by atoms with Gasteiger partial charge < -0.3 is 5.73 Å². The van der Waals surface area contributed by atoms with Crippen molar-refractivity contribution in [2.75, 3.05) is 0 Å². The molecule has 0 radical (unpaired) electrons. The molecule has 1 rings (SSSR count). The zero-order valence-electron chi connectivity index (χ0n) is 6.50. The summed E-state index contributed by atoms with van der Waals surface area (Å²) >= 11 is 0. The van der Waals surface area contributed by atoms with E-state index >= 15 is 0 Å². The average molecular weight is 164 g/mol. The van der Waals surface area contributed by atoms with Crippen molar-refractivity contribution in [3.8, 4) is 0 Å². The smallest absolute Gasteiger partial charge is 0.130 e. The van der Waals surface area contributed by atoms with E-state index in [0.717, 1.165) is 0 Å². The van der Waals surface area contributed by atoms with Gasteiger partial charge in [0.25, 0.3) is 0 Å². The first-order valence-electron chi connectivity index (χ1n) is 3.44. The van der Waals surface area contributed by atoms with Crippen molar-refractivity contribution in [1.29, 1.82) is 0 Å².